The molecule has 0 radical (unpaired) electrons. The van der Waals surface area contributed by atoms with Gasteiger partial charge in [-0.25, -0.2) is 0 Å². The van der Waals surface area contributed by atoms with Gasteiger partial charge in [0.25, 0.3) is 0 Å². The van der Waals surface area contributed by atoms with Crippen molar-refractivity contribution < 1.29 is 14.3 Å². The molecule has 17 heavy (non-hydrogen) atoms. The van der Waals surface area contributed by atoms with Crippen LogP contribution in [0.25, 0.3) is 0 Å². The molecule has 2 N–H and O–H groups in total. The summed E-state index contributed by atoms with van der Waals surface area (Å²) in [6.45, 7) is 1.44. The van der Waals surface area contributed by atoms with E-state index in [9.17, 15) is 4.79 Å². The molecule has 1 aromatic heterocycles. The van der Waals surface area contributed by atoms with E-state index in [0.717, 1.165) is 38.0 Å². The van der Waals surface area contributed by atoms with Crippen LogP contribution in [0.2, 0.25) is 0 Å². The molecule has 0 spiro atoms. The van der Waals surface area contributed by atoms with Crippen molar-refractivity contribution in [3.8, 4) is 0 Å². The zero-order valence-corrected chi connectivity index (χ0v) is 9.89. The molecule has 4 nitrogen and oxygen atoms in total. The summed E-state index contributed by atoms with van der Waals surface area (Å²) in [6.07, 6.45) is 5.69. The Kier molecular flexibility index (Phi) is 4.20. The summed E-state index contributed by atoms with van der Waals surface area (Å²) in [5.74, 6) is 0.339. The first-order valence-electron chi connectivity index (χ1n) is 6.23. The van der Waals surface area contributed by atoms with E-state index in [1.807, 2.05) is 12.1 Å². The van der Waals surface area contributed by atoms with Gasteiger partial charge in [-0.1, -0.05) is 12.8 Å². The monoisotopic (exact) mass is 237 g/mol. The molecule has 94 valence electrons. The Hall–Kier alpha value is -1.29. The van der Waals surface area contributed by atoms with Gasteiger partial charge in [0, 0.05) is 0 Å². The minimum absolute atomic E-state index is 0.173. The summed E-state index contributed by atoms with van der Waals surface area (Å²) >= 11 is 0. The lowest BCUT2D eigenvalue weighted by Crippen LogP contribution is -2.34. The van der Waals surface area contributed by atoms with E-state index >= 15 is 0 Å². The van der Waals surface area contributed by atoms with Gasteiger partial charge in [0.1, 0.15) is 5.76 Å². The third-order valence-electron chi connectivity index (χ3n) is 3.51. The average molecular weight is 237 g/mol. The highest BCUT2D eigenvalue weighted by Crippen LogP contribution is 2.29. The minimum atomic E-state index is -0.644. The molecule has 1 heterocycles. The van der Waals surface area contributed by atoms with Crippen molar-refractivity contribution in [2.75, 3.05) is 6.54 Å². The molecule has 1 aliphatic rings. The van der Waals surface area contributed by atoms with Gasteiger partial charge < -0.3 is 14.8 Å². The third-order valence-corrected chi connectivity index (χ3v) is 3.51. The molecule has 4 heteroatoms. The number of nitrogens with one attached hydrogen (secondary N) is 1. The highest BCUT2D eigenvalue weighted by atomic mass is 16.4. The Balaban J connectivity index is 1.78. The minimum Gasteiger partial charge on any atom is -0.481 e. The van der Waals surface area contributed by atoms with Crippen molar-refractivity contribution in [3.63, 3.8) is 0 Å². The van der Waals surface area contributed by atoms with Gasteiger partial charge in [-0.3, -0.25) is 4.79 Å². The first-order chi connectivity index (χ1) is 8.27. The molecule has 1 saturated carbocycles. The summed E-state index contributed by atoms with van der Waals surface area (Å²) in [5.41, 5.74) is 0. The van der Waals surface area contributed by atoms with E-state index in [0.29, 0.717) is 6.54 Å². The molecule has 2 unspecified atom stereocenters. The fraction of sp³-hybridized carbons (Fsp3) is 0.615. The Morgan fingerprint density at radius 1 is 1.47 bits per heavy atom. The van der Waals surface area contributed by atoms with E-state index in [2.05, 4.69) is 5.32 Å². The molecule has 1 aliphatic carbocycles. The number of aliphatic carboxylic acids is 1. The summed E-state index contributed by atoms with van der Waals surface area (Å²) in [4.78, 5) is 11.1. The number of rotatable bonds is 5. The van der Waals surface area contributed by atoms with Crippen LogP contribution in [0.15, 0.2) is 22.8 Å². The zero-order valence-electron chi connectivity index (χ0n) is 9.89. The quantitative estimate of drug-likeness (QED) is 0.824. The second-order valence-corrected chi connectivity index (χ2v) is 4.70. The standard InChI is InChI=1S/C13H19NO3/c15-13(16)12-6-2-1-4-10(12)8-14-9-11-5-3-7-17-11/h3,5,7,10,12,14H,1-2,4,6,8-9H2,(H,15,16). The van der Waals surface area contributed by atoms with Crippen LogP contribution < -0.4 is 5.32 Å². The van der Waals surface area contributed by atoms with E-state index in [1.165, 1.54) is 0 Å². The number of carboxylic acid groups (broad SMARTS) is 1. The van der Waals surface area contributed by atoms with E-state index < -0.39 is 5.97 Å². The van der Waals surface area contributed by atoms with Crippen molar-refractivity contribution in [2.45, 2.75) is 32.2 Å². The van der Waals surface area contributed by atoms with Gasteiger partial charge in [0.05, 0.1) is 18.7 Å². The van der Waals surface area contributed by atoms with Gasteiger partial charge in [-0.2, -0.15) is 0 Å². The van der Waals surface area contributed by atoms with Gasteiger partial charge in [-0.05, 0) is 37.4 Å². The van der Waals surface area contributed by atoms with Gasteiger partial charge in [0.2, 0.25) is 0 Å². The Labute approximate surface area is 101 Å². The van der Waals surface area contributed by atoms with Crippen LogP contribution >= 0.6 is 0 Å². The third kappa shape index (κ3) is 3.33. The van der Waals surface area contributed by atoms with Crippen LogP contribution in [0.3, 0.4) is 0 Å². The van der Waals surface area contributed by atoms with Crippen LogP contribution in [0.4, 0.5) is 0 Å². The van der Waals surface area contributed by atoms with Gasteiger partial charge in [-0.15, -0.1) is 0 Å². The smallest absolute Gasteiger partial charge is 0.306 e. The number of carbonyl (C=O) groups is 1. The first-order valence-corrected chi connectivity index (χ1v) is 6.23. The maximum atomic E-state index is 11.1. The molecular weight excluding hydrogens is 218 g/mol. The summed E-state index contributed by atoms with van der Waals surface area (Å²) < 4.78 is 5.22. The van der Waals surface area contributed by atoms with Crippen LogP contribution in [0.5, 0.6) is 0 Å². The predicted molar refractivity (Wildman–Crippen MR) is 63.5 cm³/mol. The average Bonchev–Trinajstić information content (AvgIpc) is 2.82. The predicted octanol–water partition coefficient (Wildman–Crippen LogP) is 2.26. The summed E-state index contributed by atoms with van der Waals surface area (Å²) in [6, 6.07) is 3.78. The van der Waals surface area contributed by atoms with E-state index in [4.69, 9.17) is 9.52 Å². The summed E-state index contributed by atoms with van der Waals surface area (Å²) in [5, 5.41) is 12.4. The van der Waals surface area contributed by atoms with Crippen molar-refractivity contribution in [1.82, 2.24) is 5.32 Å². The van der Waals surface area contributed by atoms with Crippen LogP contribution in [-0.4, -0.2) is 17.6 Å². The van der Waals surface area contributed by atoms with E-state index in [1.54, 1.807) is 6.26 Å². The topological polar surface area (TPSA) is 62.5 Å². The Morgan fingerprint density at radius 3 is 3.00 bits per heavy atom. The zero-order chi connectivity index (χ0) is 12.1. The molecule has 0 aromatic carbocycles. The second-order valence-electron chi connectivity index (χ2n) is 4.70. The van der Waals surface area contributed by atoms with Crippen molar-refractivity contribution in [1.29, 1.82) is 0 Å². The normalized spacial score (nSPS) is 24.7. The first kappa shape index (κ1) is 12.2. The SMILES string of the molecule is O=C(O)C1CCCCC1CNCc1ccco1. The van der Waals surface area contributed by atoms with Gasteiger partial charge >= 0.3 is 5.97 Å². The molecule has 0 bridgehead atoms. The van der Waals surface area contributed by atoms with Crippen molar-refractivity contribution in [2.24, 2.45) is 11.8 Å². The number of hydrogen-bond acceptors (Lipinski definition) is 3. The highest BCUT2D eigenvalue weighted by Gasteiger charge is 2.30. The summed E-state index contributed by atoms with van der Waals surface area (Å²) in [7, 11) is 0. The van der Waals surface area contributed by atoms with Crippen LogP contribution in [0, 0.1) is 11.8 Å². The fourth-order valence-electron chi connectivity index (χ4n) is 2.57. The molecule has 0 amide bonds. The van der Waals surface area contributed by atoms with Gasteiger partial charge in [0.15, 0.2) is 0 Å². The lowest BCUT2D eigenvalue weighted by Gasteiger charge is -2.28. The number of carboxylic acids is 1. The fourth-order valence-corrected chi connectivity index (χ4v) is 2.57. The highest BCUT2D eigenvalue weighted by molar-refractivity contribution is 5.70. The van der Waals surface area contributed by atoms with Crippen molar-refractivity contribution >= 4 is 5.97 Å². The molecule has 2 atom stereocenters. The Bertz CT molecular complexity index is 348. The lowest BCUT2D eigenvalue weighted by atomic mass is 9.79. The lowest BCUT2D eigenvalue weighted by molar-refractivity contribution is -0.144. The maximum absolute atomic E-state index is 11.1. The molecule has 1 aromatic rings. The van der Waals surface area contributed by atoms with Crippen molar-refractivity contribution in [3.05, 3.63) is 24.2 Å². The number of hydrogen-bond donors (Lipinski definition) is 2. The molecule has 0 saturated heterocycles. The maximum Gasteiger partial charge on any atom is 0.306 e. The molecule has 1 fully saturated rings. The second kappa shape index (κ2) is 5.87. The van der Waals surface area contributed by atoms with Crippen LogP contribution in [0.1, 0.15) is 31.4 Å². The number of furan rings is 1. The molecule has 0 aliphatic heterocycles. The molecular formula is C13H19NO3. The molecule has 2 rings (SSSR count). The Morgan fingerprint density at radius 2 is 2.29 bits per heavy atom. The van der Waals surface area contributed by atoms with E-state index in [-0.39, 0.29) is 11.8 Å². The van der Waals surface area contributed by atoms with Crippen LogP contribution in [-0.2, 0) is 11.3 Å². The largest absolute Gasteiger partial charge is 0.481 e.